The van der Waals surface area contributed by atoms with E-state index >= 15 is 0 Å². The molecule has 1 aromatic carbocycles. The molecule has 0 nitrogen and oxygen atoms in total. The summed E-state index contributed by atoms with van der Waals surface area (Å²) in [6.45, 7) is 2.09. The molecule has 0 heterocycles. The van der Waals surface area contributed by atoms with E-state index in [9.17, 15) is 0 Å². The molecule has 1 aromatic rings. The van der Waals surface area contributed by atoms with Crippen LogP contribution in [0.25, 0.3) is 11.5 Å². The number of fused-ring (bicyclic) bond motifs is 1. The van der Waals surface area contributed by atoms with Gasteiger partial charge < -0.3 is 0 Å². The highest BCUT2D eigenvalue weighted by molar-refractivity contribution is 5.42. The molecule has 0 aliphatic heterocycles. The molecule has 52 valence electrons. The summed E-state index contributed by atoms with van der Waals surface area (Å²) in [5, 5.41) is 2.32. The third kappa shape index (κ3) is 0.951. The van der Waals surface area contributed by atoms with Crippen LogP contribution < -0.4 is 10.4 Å². The zero-order valence-corrected chi connectivity index (χ0v) is 6.39. The molecule has 0 fully saturated rings. The molecule has 0 bridgehead atoms. The second kappa shape index (κ2) is 2.29. The Morgan fingerprint density at radius 3 is 2.73 bits per heavy atom. The highest BCUT2D eigenvalue weighted by atomic mass is 13.9. The van der Waals surface area contributed by atoms with Crippen molar-refractivity contribution in [3.63, 3.8) is 0 Å². The van der Waals surface area contributed by atoms with Gasteiger partial charge in [-0.05, 0) is 30.7 Å². The van der Waals surface area contributed by atoms with Crippen LogP contribution in [0.1, 0.15) is 5.56 Å². The maximum atomic E-state index is 3.19. The van der Waals surface area contributed by atoms with E-state index in [1.54, 1.807) is 0 Å². The summed E-state index contributed by atoms with van der Waals surface area (Å²) in [6, 6.07) is 6.19. The molecule has 0 amide bonds. The average Bonchev–Trinajstić information content (AvgIpc) is 2.06. The van der Waals surface area contributed by atoms with E-state index in [2.05, 4.69) is 30.5 Å². The smallest absolute Gasteiger partial charge is 0.0344 e. The maximum Gasteiger partial charge on any atom is 0.0344 e. The van der Waals surface area contributed by atoms with Crippen LogP contribution in [0.2, 0.25) is 0 Å². The molecule has 0 radical (unpaired) electrons. The van der Waals surface area contributed by atoms with Crippen LogP contribution in [0.5, 0.6) is 0 Å². The summed E-state index contributed by atoms with van der Waals surface area (Å²) in [5.74, 6) is 0. The van der Waals surface area contributed by atoms with Crippen molar-refractivity contribution in [2.24, 2.45) is 0 Å². The highest BCUT2D eigenvalue weighted by Crippen LogP contribution is 1.84. The molecular weight excluding hydrogens is 132 g/mol. The van der Waals surface area contributed by atoms with Crippen molar-refractivity contribution in [1.29, 1.82) is 0 Å². The normalized spacial score (nSPS) is 11.7. The Morgan fingerprint density at radius 1 is 1.09 bits per heavy atom. The van der Waals surface area contributed by atoms with Crippen LogP contribution in [0.3, 0.4) is 0 Å². The van der Waals surface area contributed by atoms with Crippen molar-refractivity contribution in [3.8, 4) is 0 Å². The molecule has 0 saturated carbocycles. The lowest BCUT2D eigenvalue weighted by Gasteiger charge is -1.92. The monoisotopic (exact) mass is 140 g/mol. The Balaban J connectivity index is 3.15. The topological polar surface area (TPSA) is 0 Å². The fraction of sp³-hybridized carbons (Fsp3) is 0.0909. The number of aryl methyl sites for hydroxylation is 1. The SMILES string of the molecule is Cc1cccc2c1=C=CC=C=2. The fourth-order valence-corrected chi connectivity index (χ4v) is 1.24. The molecule has 1 aliphatic rings. The van der Waals surface area contributed by atoms with Crippen LogP contribution in [-0.4, -0.2) is 0 Å². The van der Waals surface area contributed by atoms with Gasteiger partial charge in [0.2, 0.25) is 0 Å². The van der Waals surface area contributed by atoms with Gasteiger partial charge in [-0.25, -0.2) is 0 Å². The summed E-state index contributed by atoms with van der Waals surface area (Å²) in [4.78, 5) is 0. The third-order valence-corrected chi connectivity index (χ3v) is 1.82. The van der Waals surface area contributed by atoms with Crippen LogP contribution >= 0.6 is 0 Å². The van der Waals surface area contributed by atoms with E-state index in [0.717, 1.165) is 5.22 Å². The predicted octanol–water partition coefficient (Wildman–Crippen LogP) is 0.880. The van der Waals surface area contributed by atoms with Gasteiger partial charge in [0, 0.05) is 10.4 Å². The van der Waals surface area contributed by atoms with Crippen molar-refractivity contribution < 1.29 is 0 Å². The highest BCUT2D eigenvalue weighted by Gasteiger charge is 1.88. The van der Waals surface area contributed by atoms with Gasteiger partial charge in [0.25, 0.3) is 0 Å². The van der Waals surface area contributed by atoms with E-state index in [0.29, 0.717) is 0 Å². The Hall–Kier alpha value is -1.48. The van der Waals surface area contributed by atoms with Crippen LogP contribution in [0.4, 0.5) is 0 Å². The zero-order chi connectivity index (χ0) is 7.68. The molecule has 0 spiro atoms. The lowest BCUT2D eigenvalue weighted by atomic mass is 10.1. The van der Waals surface area contributed by atoms with Gasteiger partial charge in [-0.2, -0.15) is 0 Å². The van der Waals surface area contributed by atoms with E-state index in [1.165, 1.54) is 10.8 Å². The first-order chi connectivity index (χ1) is 5.38. The van der Waals surface area contributed by atoms with E-state index < -0.39 is 0 Å². The molecule has 0 atom stereocenters. The molecule has 11 heavy (non-hydrogen) atoms. The van der Waals surface area contributed by atoms with Gasteiger partial charge in [-0.1, -0.05) is 12.1 Å². The van der Waals surface area contributed by atoms with Crippen molar-refractivity contribution in [1.82, 2.24) is 0 Å². The lowest BCUT2D eigenvalue weighted by Crippen LogP contribution is -2.25. The molecule has 0 aromatic heterocycles. The van der Waals surface area contributed by atoms with E-state index in [4.69, 9.17) is 0 Å². The molecule has 0 heteroatoms. The second-order valence-electron chi connectivity index (χ2n) is 2.62. The number of benzene rings is 1. The van der Waals surface area contributed by atoms with Crippen molar-refractivity contribution in [2.45, 2.75) is 6.92 Å². The van der Waals surface area contributed by atoms with Crippen molar-refractivity contribution >= 4 is 11.5 Å². The quantitative estimate of drug-likeness (QED) is 0.502. The van der Waals surface area contributed by atoms with Gasteiger partial charge in [0.05, 0.1) is 0 Å². The van der Waals surface area contributed by atoms with Crippen LogP contribution in [-0.2, 0) is 0 Å². The largest absolute Gasteiger partial charge is 0.111 e. The zero-order valence-electron chi connectivity index (χ0n) is 6.39. The molecule has 0 saturated heterocycles. The first-order valence-electron chi connectivity index (χ1n) is 3.65. The molecule has 0 unspecified atom stereocenters. The van der Waals surface area contributed by atoms with Crippen molar-refractivity contribution in [3.05, 3.63) is 46.4 Å². The Labute approximate surface area is 65.5 Å². The first kappa shape index (κ1) is 6.24. The lowest BCUT2D eigenvalue weighted by molar-refractivity contribution is 1.37. The average molecular weight is 140 g/mol. The molecule has 1 aliphatic carbocycles. The molecular formula is C11H8. The van der Waals surface area contributed by atoms with Crippen molar-refractivity contribution in [2.75, 3.05) is 0 Å². The minimum atomic E-state index is 1.15. The summed E-state index contributed by atoms with van der Waals surface area (Å²) in [7, 11) is 0. The van der Waals surface area contributed by atoms with E-state index in [1.807, 2.05) is 18.2 Å². The third-order valence-electron chi connectivity index (χ3n) is 1.82. The first-order valence-corrected chi connectivity index (χ1v) is 3.65. The summed E-state index contributed by atoms with van der Waals surface area (Å²) in [6.07, 6.45) is 3.79. The summed E-state index contributed by atoms with van der Waals surface area (Å²) >= 11 is 0. The number of hydrogen-bond acceptors (Lipinski definition) is 0. The Bertz CT molecular complexity index is 465. The minimum absolute atomic E-state index is 1.15. The summed E-state index contributed by atoms with van der Waals surface area (Å²) in [5.41, 5.74) is 7.61. The molecule has 0 N–H and O–H groups in total. The van der Waals surface area contributed by atoms with Crippen LogP contribution in [0, 0.1) is 6.92 Å². The molecule has 2 rings (SSSR count). The maximum absolute atomic E-state index is 3.19. The van der Waals surface area contributed by atoms with Crippen LogP contribution in [0.15, 0.2) is 30.4 Å². The number of rotatable bonds is 0. The minimum Gasteiger partial charge on any atom is -0.111 e. The Morgan fingerprint density at radius 2 is 1.91 bits per heavy atom. The van der Waals surface area contributed by atoms with Gasteiger partial charge in [0.15, 0.2) is 0 Å². The van der Waals surface area contributed by atoms with Gasteiger partial charge in [-0.15, -0.1) is 11.5 Å². The summed E-state index contributed by atoms with van der Waals surface area (Å²) < 4.78 is 0. The van der Waals surface area contributed by atoms with Gasteiger partial charge in [0.1, 0.15) is 0 Å². The number of allylic oxidation sites excluding steroid dienone is 2. The standard InChI is InChI=1S/C11H8/c1-9-5-4-7-10-6-2-3-8-11(9)10/h2-5,7H,1H3. The van der Waals surface area contributed by atoms with Gasteiger partial charge in [-0.3, -0.25) is 0 Å². The number of hydrogen-bond donors (Lipinski definition) is 0. The van der Waals surface area contributed by atoms with Gasteiger partial charge >= 0.3 is 0 Å². The van der Waals surface area contributed by atoms with E-state index in [-0.39, 0.29) is 0 Å². The second-order valence-corrected chi connectivity index (χ2v) is 2.62. The fourth-order valence-electron chi connectivity index (χ4n) is 1.24. The Kier molecular flexibility index (Phi) is 1.30. The predicted molar refractivity (Wildman–Crippen MR) is 46.4 cm³/mol.